The van der Waals surface area contributed by atoms with Crippen molar-refractivity contribution in [2.45, 2.75) is 23.6 Å². The van der Waals surface area contributed by atoms with Crippen molar-refractivity contribution in [3.63, 3.8) is 0 Å². The summed E-state index contributed by atoms with van der Waals surface area (Å²) < 4.78 is 29.1. The molecule has 2 unspecified atom stereocenters. The van der Waals surface area contributed by atoms with Gasteiger partial charge in [0, 0.05) is 12.0 Å². The van der Waals surface area contributed by atoms with Gasteiger partial charge in [0.15, 0.2) is 0 Å². The molecule has 0 aromatic heterocycles. The Morgan fingerprint density at radius 2 is 2.00 bits per heavy atom. The lowest BCUT2D eigenvalue weighted by Crippen LogP contribution is -2.51. The Morgan fingerprint density at radius 3 is 2.64 bits per heavy atom. The van der Waals surface area contributed by atoms with Crippen molar-refractivity contribution in [3.05, 3.63) is 42.1 Å². The van der Waals surface area contributed by atoms with Crippen molar-refractivity contribution in [2.24, 2.45) is 0 Å². The van der Waals surface area contributed by atoms with Gasteiger partial charge in [-0.3, -0.25) is 4.79 Å². The summed E-state index contributed by atoms with van der Waals surface area (Å²) in [5.74, 6) is 0.383. The molecular formula is C14H15NO5S2. The van der Waals surface area contributed by atoms with Crippen molar-refractivity contribution in [2.75, 3.05) is 5.75 Å². The SMILES string of the molecule is Cc1ccc(S(=O)(=O)OC(=O)[SH]2CC=CN3C(=O)CC32)cc1. The lowest BCUT2D eigenvalue weighted by Gasteiger charge is -2.45. The van der Waals surface area contributed by atoms with E-state index in [-0.39, 0.29) is 22.6 Å². The van der Waals surface area contributed by atoms with Crippen molar-refractivity contribution >= 4 is 32.2 Å². The van der Waals surface area contributed by atoms with Crippen molar-refractivity contribution in [3.8, 4) is 0 Å². The molecule has 1 aromatic rings. The standard InChI is InChI=1S/C14H15NO5S2/c1-10-3-5-11(6-4-10)22(18,19)20-14(17)21-8-2-7-15-12(16)9-13(15)21/h2-7,13,21H,8-9H2,1H3. The smallest absolute Gasteiger partial charge is 0.334 e. The maximum absolute atomic E-state index is 12.2. The molecule has 22 heavy (non-hydrogen) atoms. The van der Waals surface area contributed by atoms with Crippen LogP contribution in [-0.2, 0) is 19.1 Å². The van der Waals surface area contributed by atoms with Gasteiger partial charge in [-0.05, 0) is 19.1 Å². The number of rotatable bonds is 2. The lowest BCUT2D eigenvalue weighted by molar-refractivity contribution is -0.137. The van der Waals surface area contributed by atoms with Crippen LogP contribution in [0.4, 0.5) is 4.79 Å². The molecule has 1 aromatic carbocycles. The molecule has 118 valence electrons. The summed E-state index contributed by atoms with van der Waals surface area (Å²) in [5.41, 5.74) is 0.913. The molecule has 0 bridgehead atoms. The van der Waals surface area contributed by atoms with E-state index in [1.807, 2.05) is 6.92 Å². The zero-order valence-electron chi connectivity index (χ0n) is 11.8. The fraction of sp³-hybridized carbons (Fsp3) is 0.286. The molecule has 2 heterocycles. The fourth-order valence-electron chi connectivity index (χ4n) is 2.34. The number of thiol groups is 1. The van der Waals surface area contributed by atoms with Crippen molar-refractivity contribution < 1.29 is 22.2 Å². The number of hydrogen-bond acceptors (Lipinski definition) is 5. The minimum Gasteiger partial charge on any atom is -0.334 e. The van der Waals surface area contributed by atoms with E-state index in [9.17, 15) is 18.0 Å². The summed E-state index contributed by atoms with van der Waals surface area (Å²) in [4.78, 5) is 25.0. The maximum atomic E-state index is 12.2. The number of nitrogens with zero attached hydrogens (tertiary/aromatic N) is 1. The summed E-state index contributed by atoms with van der Waals surface area (Å²) in [5, 5.41) is -0.976. The minimum atomic E-state index is -4.12. The van der Waals surface area contributed by atoms with E-state index in [1.54, 1.807) is 24.4 Å². The van der Waals surface area contributed by atoms with E-state index in [0.29, 0.717) is 5.75 Å². The molecule has 2 aliphatic rings. The maximum Gasteiger partial charge on any atom is 0.364 e. The van der Waals surface area contributed by atoms with Gasteiger partial charge >= 0.3 is 15.4 Å². The van der Waals surface area contributed by atoms with Crippen molar-refractivity contribution in [1.82, 2.24) is 4.90 Å². The molecule has 0 spiro atoms. The zero-order valence-corrected chi connectivity index (χ0v) is 13.5. The Morgan fingerprint density at radius 1 is 1.32 bits per heavy atom. The third-order valence-corrected chi connectivity index (χ3v) is 7.28. The van der Waals surface area contributed by atoms with Gasteiger partial charge < -0.3 is 9.08 Å². The summed E-state index contributed by atoms with van der Waals surface area (Å²) >= 11 is 0. The molecule has 8 heteroatoms. The predicted octanol–water partition coefficient (Wildman–Crippen LogP) is 1.91. The summed E-state index contributed by atoms with van der Waals surface area (Å²) in [6.45, 7) is 1.84. The van der Waals surface area contributed by atoms with Crippen molar-refractivity contribution in [1.29, 1.82) is 0 Å². The second-order valence-corrected chi connectivity index (χ2v) is 8.95. The normalized spacial score (nSPS) is 25.3. The summed E-state index contributed by atoms with van der Waals surface area (Å²) in [6.07, 6.45) is 3.63. The molecule has 0 aliphatic carbocycles. The average Bonchev–Trinajstić information content (AvgIpc) is 2.46. The first-order valence-corrected chi connectivity index (χ1v) is 9.68. The zero-order chi connectivity index (χ0) is 15.9. The Labute approximate surface area is 131 Å². The first-order chi connectivity index (χ1) is 10.4. The van der Waals surface area contributed by atoms with Crippen LogP contribution in [0.25, 0.3) is 0 Å². The lowest BCUT2D eigenvalue weighted by atomic mass is 10.2. The van der Waals surface area contributed by atoms with Crippen LogP contribution in [0.2, 0.25) is 0 Å². The monoisotopic (exact) mass is 341 g/mol. The first-order valence-electron chi connectivity index (χ1n) is 6.68. The predicted molar refractivity (Wildman–Crippen MR) is 83.1 cm³/mol. The van der Waals surface area contributed by atoms with Crippen LogP contribution in [0, 0.1) is 6.92 Å². The number of carbonyl (C=O) groups excluding carboxylic acids is 2. The number of carbonyl (C=O) groups is 2. The summed E-state index contributed by atoms with van der Waals surface area (Å²) in [6, 6.07) is 6.10. The minimum absolute atomic E-state index is 0.0458. The third kappa shape index (κ3) is 2.64. The van der Waals surface area contributed by atoms with Gasteiger partial charge in [-0.1, -0.05) is 23.8 Å². The number of fused-ring (bicyclic) bond motifs is 1. The molecular weight excluding hydrogens is 326 g/mol. The molecule has 0 radical (unpaired) electrons. The third-order valence-electron chi connectivity index (χ3n) is 3.62. The Bertz CT molecular complexity index is 754. The highest BCUT2D eigenvalue weighted by molar-refractivity contribution is 8.30. The van der Waals surface area contributed by atoms with E-state index >= 15 is 0 Å². The topological polar surface area (TPSA) is 80.8 Å². The van der Waals surface area contributed by atoms with Crippen LogP contribution >= 0.6 is 10.9 Å². The first kappa shape index (κ1) is 15.1. The molecule has 6 nitrogen and oxygen atoms in total. The van der Waals surface area contributed by atoms with E-state index in [0.717, 1.165) is 5.56 Å². The molecule has 1 fully saturated rings. The van der Waals surface area contributed by atoms with Crippen LogP contribution in [0.5, 0.6) is 0 Å². The van der Waals surface area contributed by atoms with E-state index in [2.05, 4.69) is 0 Å². The van der Waals surface area contributed by atoms with Crippen LogP contribution in [0.15, 0.2) is 41.4 Å². The summed E-state index contributed by atoms with van der Waals surface area (Å²) in [7, 11) is -5.47. The molecule has 1 saturated heterocycles. The van der Waals surface area contributed by atoms with Crippen LogP contribution in [-0.4, -0.2) is 35.7 Å². The Balaban J connectivity index is 1.75. The molecule has 0 saturated carbocycles. The Kier molecular flexibility index (Phi) is 3.73. The second kappa shape index (κ2) is 5.44. The van der Waals surface area contributed by atoms with Gasteiger partial charge in [0.1, 0.15) is 4.90 Å². The number of hydrogen-bond donors (Lipinski definition) is 1. The van der Waals surface area contributed by atoms with E-state index < -0.39 is 26.3 Å². The quantitative estimate of drug-likeness (QED) is 0.505. The Hall–Kier alpha value is -1.80. The number of benzene rings is 1. The van der Waals surface area contributed by atoms with Gasteiger partial charge in [0.05, 0.1) is 11.8 Å². The average molecular weight is 341 g/mol. The van der Waals surface area contributed by atoms with Crippen LogP contribution < -0.4 is 0 Å². The van der Waals surface area contributed by atoms with Crippen LogP contribution in [0.1, 0.15) is 12.0 Å². The van der Waals surface area contributed by atoms with E-state index in [1.165, 1.54) is 17.0 Å². The number of β-lactam (4-membered cyclic amide) rings is 1. The highest BCUT2D eigenvalue weighted by atomic mass is 32.2. The molecule has 3 rings (SSSR count). The van der Waals surface area contributed by atoms with Gasteiger partial charge in [0.25, 0.3) is 0 Å². The fourth-order valence-corrected chi connectivity index (χ4v) is 5.61. The van der Waals surface area contributed by atoms with Gasteiger partial charge in [-0.2, -0.15) is 8.42 Å². The highest BCUT2D eigenvalue weighted by Gasteiger charge is 2.44. The highest BCUT2D eigenvalue weighted by Crippen LogP contribution is 2.46. The second-order valence-electron chi connectivity index (χ2n) is 5.14. The van der Waals surface area contributed by atoms with Crippen LogP contribution in [0.3, 0.4) is 0 Å². The largest absolute Gasteiger partial charge is 0.364 e. The number of amides is 1. The molecule has 0 N–H and O–H groups in total. The van der Waals surface area contributed by atoms with Gasteiger partial charge in [-0.15, -0.1) is 10.9 Å². The molecule has 2 atom stereocenters. The number of aryl methyl sites for hydroxylation is 1. The molecule has 1 amide bonds. The van der Waals surface area contributed by atoms with Gasteiger partial charge in [-0.25, -0.2) is 4.79 Å². The van der Waals surface area contributed by atoms with Gasteiger partial charge in [0.2, 0.25) is 5.91 Å². The van der Waals surface area contributed by atoms with E-state index in [4.69, 9.17) is 4.18 Å². The molecule has 2 aliphatic heterocycles.